The predicted octanol–water partition coefficient (Wildman–Crippen LogP) is 2.82. The van der Waals surface area contributed by atoms with Gasteiger partial charge in [0.25, 0.3) is 0 Å². The number of hydrogen-bond acceptors (Lipinski definition) is 2. The Bertz CT molecular complexity index is 560. The molecule has 0 atom stereocenters. The average molecular weight is 312 g/mol. The summed E-state index contributed by atoms with van der Waals surface area (Å²) in [5.74, 6) is -1.97. The summed E-state index contributed by atoms with van der Waals surface area (Å²) in [6, 6.07) is 4.31. The number of aliphatic carboxylic acids is 1. The van der Waals surface area contributed by atoms with Gasteiger partial charge in [0.1, 0.15) is 5.82 Å². The highest BCUT2D eigenvalue weighted by Gasteiger charge is 2.26. The Balaban J connectivity index is 1.99. The summed E-state index contributed by atoms with van der Waals surface area (Å²) in [5.41, 5.74) is 0.174. The number of likely N-dealkylation sites (tertiary alicyclic amines) is 1. The first-order valence-electron chi connectivity index (χ1n) is 6.63. The van der Waals surface area contributed by atoms with Gasteiger partial charge in [-0.15, -0.1) is 0 Å². The molecule has 1 fully saturated rings. The minimum Gasteiger partial charge on any atom is -0.481 e. The topological polar surface area (TPSA) is 57.6 Å². The van der Waals surface area contributed by atoms with Crippen molar-refractivity contribution >= 4 is 29.6 Å². The Morgan fingerprint density at radius 2 is 2.00 bits per heavy atom. The molecule has 0 radical (unpaired) electrons. The molecule has 21 heavy (non-hydrogen) atoms. The zero-order valence-electron chi connectivity index (χ0n) is 11.3. The van der Waals surface area contributed by atoms with Gasteiger partial charge in [-0.25, -0.2) is 4.39 Å². The van der Waals surface area contributed by atoms with E-state index >= 15 is 0 Å². The van der Waals surface area contributed by atoms with Crippen LogP contribution in [0.4, 0.5) is 4.39 Å². The van der Waals surface area contributed by atoms with E-state index < -0.39 is 11.8 Å². The lowest BCUT2D eigenvalue weighted by Crippen LogP contribution is -2.39. The number of halogens is 2. The molecule has 1 aliphatic rings. The molecule has 0 unspecified atom stereocenters. The second kappa shape index (κ2) is 6.72. The fourth-order valence-corrected chi connectivity index (χ4v) is 2.50. The maximum Gasteiger partial charge on any atom is 0.306 e. The van der Waals surface area contributed by atoms with Crippen LogP contribution in [0.1, 0.15) is 18.4 Å². The van der Waals surface area contributed by atoms with E-state index in [-0.39, 0.29) is 22.4 Å². The van der Waals surface area contributed by atoms with Gasteiger partial charge in [-0.05, 0) is 31.1 Å². The van der Waals surface area contributed by atoms with E-state index in [1.807, 2.05) is 0 Å². The maximum atomic E-state index is 13.6. The largest absolute Gasteiger partial charge is 0.481 e. The van der Waals surface area contributed by atoms with E-state index in [9.17, 15) is 14.0 Å². The second-order valence-electron chi connectivity index (χ2n) is 4.91. The molecule has 0 aromatic heterocycles. The van der Waals surface area contributed by atoms with Crippen molar-refractivity contribution in [2.75, 3.05) is 13.1 Å². The van der Waals surface area contributed by atoms with Crippen molar-refractivity contribution in [3.05, 3.63) is 40.7 Å². The molecule has 1 saturated heterocycles. The second-order valence-corrected chi connectivity index (χ2v) is 5.31. The van der Waals surface area contributed by atoms with E-state index in [2.05, 4.69) is 0 Å². The van der Waals surface area contributed by atoms with Crippen LogP contribution in [0.2, 0.25) is 5.02 Å². The van der Waals surface area contributed by atoms with E-state index in [1.54, 1.807) is 11.0 Å². The van der Waals surface area contributed by atoms with Crippen molar-refractivity contribution in [1.82, 2.24) is 4.90 Å². The van der Waals surface area contributed by atoms with Crippen molar-refractivity contribution in [3.63, 3.8) is 0 Å². The van der Waals surface area contributed by atoms with Crippen molar-refractivity contribution in [3.8, 4) is 0 Å². The summed E-state index contributed by atoms with van der Waals surface area (Å²) in [7, 11) is 0. The number of carboxylic acid groups (broad SMARTS) is 1. The predicted molar refractivity (Wildman–Crippen MR) is 77.4 cm³/mol. The summed E-state index contributed by atoms with van der Waals surface area (Å²) < 4.78 is 13.6. The molecule has 0 bridgehead atoms. The molecule has 2 rings (SSSR count). The molecule has 0 spiro atoms. The highest BCUT2D eigenvalue weighted by Crippen LogP contribution is 2.21. The number of carbonyl (C=O) groups is 2. The molecule has 6 heteroatoms. The SMILES string of the molecule is O=C(O)C1CCN(C(=O)/C=C/c2c(F)cccc2Cl)CC1. The number of piperidine rings is 1. The van der Waals surface area contributed by atoms with E-state index in [1.165, 1.54) is 24.3 Å². The molecule has 1 aliphatic heterocycles. The van der Waals surface area contributed by atoms with Crippen LogP contribution in [0.3, 0.4) is 0 Å². The Morgan fingerprint density at radius 1 is 1.33 bits per heavy atom. The Morgan fingerprint density at radius 3 is 2.57 bits per heavy atom. The van der Waals surface area contributed by atoms with Crippen LogP contribution in [0.5, 0.6) is 0 Å². The zero-order chi connectivity index (χ0) is 15.4. The first kappa shape index (κ1) is 15.5. The quantitative estimate of drug-likeness (QED) is 0.873. The minimum atomic E-state index is -0.823. The van der Waals surface area contributed by atoms with Gasteiger partial charge >= 0.3 is 5.97 Å². The van der Waals surface area contributed by atoms with Gasteiger partial charge in [-0.3, -0.25) is 9.59 Å². The third-order valence-corrected chi connectivity index (χ3v) is 3.88. The van der Waals surface area contributed by atoms with E-state index in [0.717, 1.165) is 0 Å². The molecule has 1 aromatic rings. The van der Waals surface area contributed by atoms with Crippen LogP contribution >= 0.6 is 11.6 Å². The molecule has 0 aliphatic carbocycles. The first-order valence-corrected chi connectivity index (χ1v) is 7.00. The van der Waals surface area contributed by atoms with E-state index in [4.69, 9.17) is 16.7 Å². The van der Waals surface area contributed by atoms with Crippen LogP contribution in [0.25, 0.3) is 6.08 Å². The van der Waals surface area contributed by atoms with Crippen molar-refractivity contribution in [2.45, 2.75) is 12.8 Å². The van der Waals surface area contributed by atoms with E-state index in [0.29, 0.717) is 25.9 Å². The number of benzene rings is 1. The van der Waals surface area contributed by atoms with Gasteiger partial charge in [0.2, 0.25) is 5.91 Å². The lowest BCUT2D eigenvalue weighted by atomic mass is 9.97. The monoisotopic (exact) mass is 311 g/mol. The Kier molecular flexibility index (Phi) is 4.96. The van der Waals surface area contributed by atoms with Crippen molar-refractivity contribution in [2.24, 2.45) is 5.92 Å². The van der Waals surface area contributed by atoms with Crippen LogP contribution in [-0.2, 0) is 9.59 Å². The molecule has 112 valence electrons. The highest BCUT2D eigenvalue weighted by molar-refractivity contribution is 6.32. The van der Waals surface area contributed by atoms with Gasteiger partial charge in [0, 0.05) is 24.7 Å². The molecular formula is C15H15ClFNO3. The number of rotatable bonds is 3. The van der Waals surface area contributed by atoms with Crippen LogP contribution in [0, 0.1) is 11.7 Å². The normalized spacial score (nSPS) is 16.4. The van der Waals surface area contributed by atoms with Crippen molar-refractivity contribution < 1.29 is 19.1 Å². The number of hydrogen-bond donors (Lipinski definition) is 1. The Labute approximate surface area is 126 Å². The van der Waals surface area contributed by atoms with Crippen LogP contribution in [0.15, 0.2) is 24.3 Å². The lowest BCUT2D eigenvalue weighted by Gasteiger charge is -2.29. The highest BCUT2D eigenvalue weighted by atomic mass is 35.5. The fourth-order valence-electron chi connectivity index (χ4n) is 2.28. The third kappa shape index (κ3) is 3.82. The van der Waals surface area contributed by atoms with Gasteiger partial charge in [-0.1, -0.05) is 17.7 Å². The summed E-state index contributed by atoms with van der Waals surface area (Å²) >= 11 is 5.87. The van der Waals surface area contributed by atoms with Crippen LogP contribution < -0.4 is 0 Å². The molecule has 1 heterocycles. The summed E-state index contributed by atoms with van der Waals surface area (Å²) in [5, 5.41) is 9.14. The molecular weight excluding hydrogens is 297 g/mol. The summed E-state index contributed by atoms with van der Waals surface area (Å²) in [6.07, 6.45) is 3.50. The number of amides is 1. The maximum absolute atomic E-state index is 13.6. The summed E-state index contributed by atoms with van der Waals surface area (Å²) in [6.45, 7) is 0.788. The molecule has 1 N–H and O–H groups in total. The molecule has 4 nitrogen and oxygen atoms in total. The number of carboxylic acids is 1. The number of carbonyl (C=O) groups excluding carboxylic acids is 1. The van der Waals surface area contributed by atoms with Gasteiger partial charge in [0.15, 0.2) is 0 Å². The Hall–Kier alpha value is -1.88. The first-order chi connectivity index (χ1) is 9.99. The fraction of sp³-hybridized carbons (Fsp3) is 0.333. The smallest absolute Gasteiger partial charge is 0.306 e. The molecule has 1 amide bonds. The average Bonchev–Trinajstić information content (AvgIpc) is 2.46. The minimum absolute atomic E-state index is 0.174. The van der Waals surface area contributed by atoms with Crippen molar-refractivity contribution in [1.29, 1.82) is 0 Å². The van der Waals surface area contributed by atoms with Gasteiger partial charge in [-0.2, -0.15) is 0 Å². The van der Waals surface area contributed by atoms with Gasteiger partial charge in [0.05, 0.1) is 10.9 Å². The van der Waals surface area contributed by atoms with Gasteiger partial charge < -0.3 is 10.0 Å². The lowest BCUT2D eigenvalue weighted by molar-refractivity contribution is -0.144. The number of nitrogens with zero attached hydrogens (tertiary/aromatic N) is 1. The standard InChI is InChI=1S/C15H15ClFNO3/c16-12-2-1-3-13(17)11(12)4-5-14(19)18-8-6-10(7-9-18)15(20)21/h1-5,10H,6-9H2,(H,20,21)/b5-4+. The third-order valence-electron chi connectivity index (χ3n) is 3.55. The zero-order valence-corrected chi connectivity index (χ0v) is 12.0. The molecule has 1 aromatic carbocycles. The summed E-state index contributed by atoms with van der Waals surface area (Å²) in [4.78, 5) is 24.4. The molecule has 0 saturated carbocycles. The van der Waals surface area contributed by atoms with Crippen LogP contribution in [-0.4, -0.2) is 35.0 Å².